The summed E-state index contributed by atoms with van der Waals surface area (Å²) in [5, 5.41) is 0.638. The minimum Gasteiger partial charge on any atom is -0.337 e. The van der Waals surface area contributed by atoms with Crippen LogP contribution >= 0.6 is 11.6 Å². The predicted molar refractivity (Wildman–Crippen MR) is 74.6 cm³/mol. The normalized spacial score (nSPS) is 16.6. The fourth-order valence-electron chi connectivity index (χ4n) is 2.50. The molecule has 0 radical (unpaired) electrons. The Labute approximate surface area is 117 Å². The summed E-state index contributed by atoms with van der Waals surface area (Å²) >= 11 is 5.93. The van der Waals surface area contributed by atoms with Crippen LogP contribution in [0.1, 0.15) is 36.2 Å². The first-order chi connectivity index (χ1) is 9.24. The molecule has 3 heterocycles. The Morgan fingerprint density at radius 3 is 2.58 bits per heavy atom. The lowest BCUT2D eigenvalue weighted by Crippen LogP contribution is -2.32. The summed E-state index contributed by atoms with van der Waals surface area (Å²) in [7, 11) is 0. The van der Waals surface area contributed by atoms with Gasteiger partial charge in [0.25, 0.3) is 5.91 Å². The Bertz CT molecular complexity index is 600. The van der Waals surface area contributed by atoms with Gasteiger partial charge in [0.15, 0.2) is 0 Å². The topological polar surface area (TPSA) is 37.6 Å². The van der Waals surface area contributed by atoms with Gasteiger partial charge in [-0.3, -0.25) is 4.79 Å². The van der Waals surface area contributed by atoms with Gasteiger partial charge >= 0.3 is 0 Å². The molecule has 0 spiro atoms. The SMILES string of the molecule is O=C(c1cn2cc(Cl)ccc2n1)N1CCCCCC1. The molecule has 3 rings (SSSR count). The molecule has 0 saturated carbocycles. The molecule has 5 heteroatoms. The van der Waals surface area contributed by atoms with E-state index in [0.717, 1.165) is 31.6 Å². The van der Waals surface area contributed by atoms with Crippen LogP contribution in [0.4, 0.5) is 0 Å². The molecular weight excluding hydrogens is 262 g/mol. The maximum Gasteiger partial charge on any atom is 0.274 e. The molecule has 4 nitrogen and oxygen atoms in total. The molecular formula is C14H16ClN3O. The lowest BCUT2D eigenvalue weighted by molar-refractivity contribution is 0.0756. The Kier molecular flexibility index (Phi) is 3.42. The Balaban J connectivity index is 1.88. The van der Waals surface area contributed by atoms with E-state index in [2.05, 4.69) is 4.98 Å². The second-order valence-electron chi connectivity index (χ2n) is 4.95. The van der Waals surface area contributed by atoms with Gasteiger partial charge in [0.2, 0.25) is 0 Å². The highest BCUT2D eigenvalue weighted by Crippen LogP contribution is 2.15. The van der Waals surface area contributed by atoms with Crippen molar-refractivity contribution < 1.29 is 4.79 Å². The van der Waals surface area contributed by atoms with Crippen molar-refractivity contribution in [3.8, 4) is 0 Å². The Hall–Kier alpha value is -1.55. The first-order valence-corrected chi connectivity index (χ1v) is 7.05. The summed E-state index contributed by atoms with van der Waals surface area (Å²) in [6.07, 6.45) is 8.13. The average Bonchev–Trinajstić information content (AvgIpc) is 2.64. The standard InChI is InChI=1S/C14H16ClN3O/c15-11-5-6-13-16-12(10-18(13)9-11)14(19)17-7-3-1-2-4-8-17/h5-6,9-10H,1-4,7-8H2. The van der Waals surface area contributed by atoms with E-state index in [4.69, 9.17) is 11.6 Å². The number of rotatable bonds is 1. The lowest BCUT2D eigenvalue weighted by Gasteiger charge is -2.18. The molecule has 2 aromatic heterocycles. The van der Waals surface area contributed by atoms with Crippen molar-refractivity contribution in [2.45, 2.75) is 25.7 Å². The molecule has 19 heavy (non-hydrogen) atoms. The molecule has 2 aromatic rings. The molecule has 1 aliphatic rings. The minimum absolute atomic E-state index is 0.0294. The summed E-state index contributed by atoms with van der Waals surface area (Å²) in [5.74, 6) is 0.0294. The third-order valence-corrected chi connectivity index (χ3v) is 3.75. The van der Waals surface area contributed by atoms with E-state index in [1.54, 1.807) is 22.9 Å². The van der Waals surface area contributed by atoms with Crippen molar-refractivity contribution in [1.29, 1.82) is 0 Å². The number of hydrogen-bond acceptors (Lipinski definition) is 2. The van der Waals surface area contributed by atoms with Gasteiger partial charge in [-0.1, -0.05) is 24.4 Å². The quantitative estimate of drug-likeness (QED) is 0.804. The number of pyridine rings is 1. The molecule has 1 amide bonds. The summed E-state index contributed by atoms with van der Waals surface area (Å²) < 4.78 is 1.80. The predicted octanol–water partition coefficient (Wildman–Crippen LogP) is 3.00. The zero-order valence-electron chi connectivity index (χ0n) is 10.7. The second kappa shape index (κ2) is 5.21. The van der Waals surface area contributed by atoms with Crippen LogP contribution < -0.4 is 0 Å². The zero-order chi connectivity index (χ0) is 13.2. The number of halogens is 1. The van der Waals surface area contributed by atoms with Crippen LogP contribution in [0.2, 0.25) is 5.02 Å². The molecule has 0 N–H and O–H groups in total. The van der Waals surface area contributed by atoms with Crippen molar-refractivity contribution in [1.82, 2.24) is 14.3 Å². The largest absolute Gasteiger partial charge is 0.337 e. The Morgan fingerprint density at radius 1 is 1.11 bits per heavy atom. The van der Waals surface area contributed by atoms with Gasteiger partial charge in [-0.25, -0.2) is 4.98 Å². The maximum atomic E-state index is 12.4. The van der Waals surface area contributed by atoms with E-state index in [9.17, 15) is 4.79 Å². The highest BCUT2D eigenvalue weighted by atomic mass is 35.5. The van der Waals surface area contributed by atoms with Gasteiger partial charge in [0, 0.05) is 25.5 Å². The van der Waals surface area contributed by atoms with E-state index < -0.39 is 0 Å². The number of fused-ring (bicyclic) bond motifs is 1. The molecule has 0 aromatic carbocycles. The first-order valence-electron chi connectivity index (χ1n) is 6.67. The maximum absolute atomic E-state index is 12.4. The van der Waals surface area contributed by atoms with Crippen molar-refractivity contribution >= 4 is 23.2 Å². The smallest absolute Gasteiger partial charge is 0.274 e. The second-order valence-corrected chi connectivity index (χ2v) is 5.38. The fraction of sp³-hybridized carbons (Fsp3) is 0.429. The Morgan fingerprint density at radius 2 is 1.84 bits per heavy atom. The van der Waals surface area contributed by atoms with Crippen LogP contribution in [0.5, 0.6) is 0 Å². The van der Waals surface area contributed by atoms with Gasteiger partial charge < -0.3 is 9.30 Å². The summed E-state index contributed by atoms with van der Waals surface area (Å²) in [6.45, 7) is 1.68. The number of aromatic nitrogens is 2. The van der Waals surface area contributed by atoms with Gasteiger partial charge in [0.05, 0.1) is 5.02 Å². The van der Waals surface area contributed by atoms with E-state index in [1.807, 2.05) is 11.0 Å². The number of hydrogen-bond donors (Lipinski definition) is 0. The van der Waals surface area contributed by atoms with Gasteiger partial charge in [-0.05, 0) is 25.0 Å². The van der Waals surface area contributed by atoms with E-state index in [1.165, 1.54) is 12.8 Å². The molecule has 1 aliphatic heterocycles. The van der Waals surface area contributed by atoms with Gasteiger partial charge in [0.1, 0.15) is 11.3 Å². The van der Waals surface area contributed by atoms with Gasteiger partial charge in [-0.15, -0.1) is 0 Å². The molecule has 0 bridgehead atoms. The summed E-state index contributed by atoms with van der Waals surface area (Å²) in [6, 6.07) is 3.60. The number of carbonyl (C=O) groups excluding carboxylic acids is 1. The van der Waals surface area contributed by atoms with Crippen LogP contribution in [0.25, 0.3) is 5.65 Å². The van der Waals surface area contributed by atoms with E-state index >= 15 is 0 Å². The number of nitrogens with zero attached hydrogens (tertiary/aromatic N) is 3. The minimum atomic E-state index is 0.0294. The molecule has 0 unspecified atom stereocenters. The lowest BCUT2D eigenvalue weighted by atomic mass is 10.2. The van der Waals surface area contributed by atoms with E-state index in [0.29, 0.717) is 10.7 Å². The highest BCUT2D eigenvalue weighted by Gasteiger charge is 2.19. The molecule has 1 fully saturated rings. The first kappa shape index (κ1) is 12.5. The van der Waals surface area contributed by atoms with Crippen molar-refractivity contribution in [3.05, 3.63) is 35.2 Å². The fourth-order valence-corrected chi connectivity index (χ4v) is 2.67. The highest BCUT2D eigenvalue weighted by molar-refractivity contribution is 6.30. The number of imidazole rings is 1. The average molecular weight is 278 g/mol. The van der Waals surface area contributed by atoms with Crippen LogP contribution in [0, 0.1) is 0 Å². The van der Waals surface area contributed by atoms with E-state index in [-0.39, 0.29) is 5.91 Å². The molecule has 1 saturated heterocycles. The third-order valence-electron chi connectivity index (χ3n) is 3.53. The van der Waals surface area contributed by atoms with Crippen LogP contribution in [-0.2, 0) is 0 Å². The molecule has 0 aliphatic carbocycles. The number of amides is 1. The number of likely N-dealkylation sites (tertiary alicyclic amines) is 1. The summed E-state index contributed by atoms with van der Waals surface area (Å²) in [5.41, 5.74) is 1.26. The van der Waals surface area contributed by atoms with Crippen molar-refractivity contribution in [3.63, 3.8) is 0 Å². The van der Waals surface area contributed by atoms with Crippen LogP contribution in [-0.4, -0.2) is 33.3 Å². The van der Waals surface area contributed by atoms with Gasteiger partial charge in [-0.2, -0.15) is 0 Å². The van der Waals surface area contributed by atoms with Crippen molar-refractivity contribution in [2.24, 2.45) is 0 Å². The zero-order valence-corrected chi connectivity index (χ0v) is 11.4. The van der Waals surface area contributed by atoms with Crippen LogP contribution in [0.15, 0.2) is 24.5 Å². The number of carbonyl (C=O) groups is 1. The van der Waals surface area contributed by atoms with Crippen molar-refractivity contribution in [2.75, 3.05) is 13.1 Å². The monoisotopic (exact) mass is 277 g/mol. The molecule has 100 valence electrons. The summed E-state index contributed by atoms with van der Waals surface area (Å²) in [4.78, 5) is 18.7. The van der Waals surface area contributed by atoms with Crippen LogP contribution in [0.3, 0.4) is 0 Å². The molecule has 0 atom stereocenters. The third kappa shape index (κ3) is 2.59.